The second-order valence-corrected chi connectivity index (χ2v) is 8.05. The van der Waals surface area contributed by atoms with Crippen molar-refractivity contribution >= 4 is 23.4 Å². The molecule has 2 aromatic rings. The van der Waals surface area contributed by atoms with E-state index in [2.05, 4.69) is 29.3 Å². The van der Waals surface area contributed by atoms with Crippen molar-refractivity contribution < 1.29 is 4.79 Å². The lowest BCUT2D eigenvalue weighted by atomic mass is 9.90. The zero-order chi connectivity index (χ0) is 17.7. The van der Waals surface area contributed by atoms with Gasteiger partial charge in [0.2, 0.25) is 5.91 Å². The molecule has 0 bridgehead atoms. The molecule has 3 rings (SSSR count). The average molecular weight is 356 g/mol. The topological polar surface area (TPSA) is 58.4 Å². The summed E-state index contributed by atoms with van der Waals surface area (Å²) in [5, 5.41) is 3.07. The van der Waals surface area contributed by atoms with E-state index in [1.54, 1.807) is 11.8 Å². The molecule has 0 radical (unpaired) electrons. The molecule has 1 aliphatic rings. The van der Waals surface area contributed by atoms with Crippen LogP contribution in [0.4, 0.5) is 5.69 Å². The summed E-state index contributed by atoms with van der Waals surface area (Å²) in [6.07, 6.45) is 1.05. The van der Waals surface area contributed by atoms with Crippen LogP contribution in [0.25, 0.3) is 0 Å². The number of nitrogens with zero attached hydrogens (tertiary/aromatic N) is 1. The smallest absolute Gasteiger partial charge is 0.238 e. The fraction of sp³-hybridized carbons (Fsp3) is 0.350. The third-order valence-corrected chi connectivity index (χ3v) is 5.71. The Bertz CT molecular complexity index is 722. The predicted molar refractivity (Wildman–Crippen MR) is 104 cm³/mol. The Morgan fingerprint density at radius 1 is 1.20 bits per heavy atom. The lowest BCUT2D eigenvalue weighted by Gasteiger charge is -2.22. The molecule has 1 atom stereocenters. The van der Waals surface area contributed by atoms with E-state index in [1.807, 2.05) is 42.5 Å². The van der Waals surface area contributed by atoms with Gasteiger partial charge in [-0.15, -0.1) is 0 Å². The molecule has 0 saturated carbocycles. The van der Waals surface area contributed by atoms with Gasteiger partial charge in [-0.25, -0.2) is 0 Å². The van der Waals surface area contributed by atoms with Crippen LogP contribution in [0.1, 0.15) is 13.3 Å². The van der Waals surface area contributed by atoms with Crippen LogP contribution in [-0.2, 0) is 4.79 Å². The predicted octanol–water partition coefficient (Wildman–Crippen LogP) is 3.45. The van der Waals surface area contributed by atoms with Crippen molar-refractivity contribution in [2.24, 2.45) is 11.1 Å². The maximum Gasteiger partial charge on any atom is 0.238 e. The van der Waals surface area contributed by atoms with Gasteiger partial charge in [0.1, 0.15) is 0 Å². The van der Waals surface area contributed by atoms with Gasteiger partial charge < -0.3 is 11.1 Å². The van der Waals surface area contributed by atoms with E-state index in [9.17, 15) is 4.79 Å². The third kappa shape index (κ3) is 4.84. The van der Waals surface area contributed by atoms with Gasteiger partial charge >= 0.3 is 0 Å². The number of nitrogens with two attached hydrogens (primary N) is 1. The number of hydrogen-bond donors (Lipinski definition) is 2. The second-order valence-electron chi connectivity index (χ2n) is 6.93. The van der Waals surface area contributed by atoms with E-state index in [0.717, 1.165) is 35.0 Å². The molecule has 25 heavy (non-hydrogen) atoms. The maximum absolute atomic E-state index is 12.5. The highest BCUT2D eigenvalue weighted by molar-refractivity contribution is 7.99. The summed E-state index contributed by atoms with van der Waals surface area (Å²) in [7, 11) is 0. The van der Waals surface area contributed by atoms with Crippen LogP contribution < -0.4 is 11.1 Å². The van der Waals surface area contributed by atoms with Gasteiger partial charge in [0.15, 0.2) is 0 Å². The normalized spacial score (nSPS) is 20.6. The van der Waals surface area contributed by atoms with Crippen LogP contribution in [0.3, 0.4) is 0 Å². The standard InChI is InChI=1S/C20H25N3OS/c1-20(14-21)11-12-23(15-20)13-19(24)22-17-9-5-6-10-18(17)25-16-7-3-2-4-8-16/h2-10H,11-15,21H2,1H3,(H,22,24). The van der Waals surface area contributed by atoms with Crippen LogP contribution in [-0.4, -0.2) is 37.0 Å². The van der Waals surface area contributed by atoms with Crippen LogP contribution in [0, 0.1) is 5.41 Å². The molecule has 2 aromatic carbocycles. The molecule has 3 N–H and O–H groups in total. The van der Waals surface area contributed by atoms with Crippen molar-refractivity contribution in [1.29, 1.82) is 0 Å². The first-order valence-corrected chi connectivity index (χ1v) is 9.44. The van der Waals surface area contributed by atoms with Crippen LogP contribution >= 0.6 is 11.8 Å². The second kappa shape index (κ2) is 8.04. The maximum atomic E-state index is 12.5. The zero-order valence-electron chi connectivity index (χ0n) is 14.6. The van der Waals surface area contributed by atoms with E-state index in [0.29, 0.717) is 13.1 Å². The monoisotopic (exact) mass is 355 g/mol. The number of nitrogens with one attached hydrogen (secondary N) is 1. The molecule has 5 heteroatoms. The van der Waals surface area contributed by atoms with Gasteiger partial charge in [-0.1, -0.05) is 49.0 Å². The van der Waals surface area contributed by atoms with Crippen molar-refractivity contribution in [3.05, 3.63) is 54.6 Å². The van der Waals surface area contributed by atoms with Crippen molar-refractivity contribution in [1.82, 2.24) is 4.90 Å². The molecular weight excluding hydrogens is 330 g/mol. The minimum Gasteiger partial charge on any atom is -0.330 e. The molecule has 0 aromatic heterocycles. The highest BCUT2D eigenvalue weighted by Crippen LogP contribution is 2.33. The zero-order valence-corrected chi connectivity index (χ0v) is 15.4. The molecule has 1 fully saturated rings. The number of benzene rings is 2. The minimum absolute atomic E-state index is 0.0300. The molecule has 0 aliphatic carbocycles. The Kier molecular flexibility index (Phi) is 5.78. The fourth-order valence-electron chi connectivity index (χ4n) is 3.09. The summed E-state index contributed by atoms with van der Waals surface area (Å²) in [4.78, 5) is 16.9. The first kappa shape index (κ1) is 18.0. The van der Waals surface area contributed by atoms with Crippen LogP contribution in [0.15, 0.2) is 64.4 Å². The molecule has 1 amide bonds. The number of carbonyl (C=O) groups is 1. The Morgan fingerprint density at radius 3 is 2.64 bits per heavy atom. The first-order chi connectivity index (χ1) is 12.1. The lowest BCUT2D eigenvalue weighted by Crippen LogP contribution is -2.35. The van der Waals surface area contributed by atoms with E-state index in [4.69, 9.17) is 5.73 Å². The van der Waals surface area contributed by atoms with Crippen molar-refractivity contribution in [2.75, 3.05) is 31.5 Å². The average Bonchev–Trinajstić information content (AvgIpc) is 2.99. The summed E-state index contributed by atoms with van der Waals surface area (Å²) in [5.74, 6) is 0.0300. The Balaban J connectivity index is 1.62. The number of hydrogen-bond acceptors (Lipinski definition) is 4. The van der Waals surface area contributed by atoms with E-state index in [1.165, 1.54) is 0 Å². The molecular formula is C20H25N3OS. The van der Waals surface area contributed by atoms with Gasteiger partial charge in [0, 0.05) is 16.3 Å². The summed E-state index contributed by atoms with van der Waals surface area (Å²) >= 11 is 1.66. The number of amides is 1. The summed E-state index contributed by atoms with van der Waals surface area (Å²) in [5.41, 5.74) is 6.85. The van der Waals surface area contributed by atoms with Gasteiger partial charge in [0.25, 0.3) is 0 Å². The van der Waals surface area contributed by atoms with Gasteiger partial charge in [-0.3, -0.25) is 9.69 Å². The quantitative estimate of drug-likeness (QED) is 0.833. The molecule has 1 aliphatic heterocycles. The van der Waals surface area contributed by atoms with Crippen molar-refractivity contribution in [3.63, 3.8) is 0 Å². The number of likely N-dealkylation sites (tertiary alicyclic amines) is 1. The van der Waals surface area contributed by atoms with E-state index in [-0.39, 0.29) is 11.3 Å². The fourth-order valence-corrected chi connectivity index (χ4v) is 4.02. The molecule has 1 heterocycles. The number of para-hydroxylation sites is 1. The number of rotatable bonds is 6. The van der Waals surface area contributed by atoms with Gasteiger partial charge in [-0.05, 0) is 49.2 Å². The molecule has 0 spiro atoms. The van der Waals surface area contributed by atoms with Crippen LogP contribution in [0.5, 0.6) is 0 Å². The number of carbonyl (C=O) groups excluding carboxylic acids is 1. The van der Waals surface area contributed by atoms with E-state index >= 15 is 0 Å². The van der Waals surface area contributed by atoms with Crippen LogP contribution in [0.2, 0.25) is 0 Å². The van der Waals surface area contributed by atoms with Crippen molar-refractivity contribution in [3.8, 4) is 0 Å². The summed E-state index contributed by atoms with van der Waals surface area (Å²) < 4.78 is 0. The molecule has 1 saturated heterocycles. The Hall–Kier alpha value is -1.82. The first-order valence-electron chi connectivity index (χ1n) is 8.62. The number of anilines is 1. The SMILES string of the molecule is CC1(CN)CCN(CC(=O)Nc2ccccc2Sc2ccccc2)C1. The molecule has 132 valence electrons. The van der Waals surface area contributed by atoms with Gasteiger partial charge in [0.05, 0.1) is 12.2 Å². The third-order valence-electron chi connectivity index (χ3n) is 4.63. The Labute approximate surface area is 153 Å². The summed E-state index contributed by atoms with van der Waals surface area (Å²) in [6.45, 7) is 5.09. The van der Waals surface area contributed by atoms with Crippen molar-refractivity contribution in [2.45, 2.75) is 23.1 Å². The highest BCUT2D eigenvalue weighted by Gasteiger charge is 2.33. The molecule has 1 unspecified atom stereocenters. The molecule has 4 nitrogen and oxygen atoms in total. The minimum atomic E-state index is 0.0300. The summed E-state index contributed by atoms with van der Waals surface area (Å²) in [6, 6.07) is 18.1. The Morgan fingerprint density at radius 2 is 1.92 bits per heavy atom. The highest BCUT2D eigenvalue weighted by atomic mass is 32.2. The van der Waals surface area contributed by atoms with E-state index < -0.39 is 0 Å². The largest absolute Gasteiger partial charge is 0.330 e. The van der Waals surface area contributed by atoms with Gasteiger partial charge in [-0.2, -0.15) is 0 Å². The lowest BCUT2D eigenvalue weighted by molar-refractivity contribution is -0.117.